The minimum atomic E-state index is -3.23. The maximum Gasteiger partial charge on any atom is 0.221 e. The molecule has 1 rings (SSSR count). The molecule has 1 N–H and O–H groups in total. The van der Waals surface area contributed by atoms with Gasteiger partial charge in [-0.3, -0.25) is 4.79 Å². The van der Waals surface area contributed by atoms with E-state index in [0.717, 1.165) is 25.8 Å². The molecule has 0 radical (unpaired) electrons. The third-order valence-corrected chi connectivity index (χ3v) is 5.02. The van der Waals surface area contributed by atoms with Crippen molar-refractivity contribution in [2.75, 3.05) is 46.0 Å². The predicted molar refractivity (Wildman–Crippen MR) is 75.4 cm³/mol. The normalized spacial score (nSPS) is 17.0. The molecule has 6 nitrogen and oxygen atoms in total. The second-order valence-electron chi connectivity index (χ2n) is 5.18. The molecule has 1 amide bonds. The molecule has 1 heterocycles. The molecule has 1 fully saturated rings. The Balaban J connectivity index is 2.18. The highest BCUT2D eigenvalue weighted by Crippen LogP contribution is 2.13. The molecular formula is C12H25N3O3S. The van der Waals surface area contributed by atoms with Crippen molar-refractivity contribution in [1.29, 1.82) is 0 Å². The second-order valence-corrected chi connectivity index (χ2v) is 7.27. The average Bonchev–Trinajstić information content (AvgIpc) is 2.86. The highest BCUT2D eigenvalue weighted by molar-refractivity contribution is 7.89. The number of hydrogen-bond acceptors (Lipinski definition) is 4. The first kappa shape index (κ1) is 16.4. The number of sulfonamides is 1. The Morgan fingerprint density at radius 3 is 2.47 bits per heavy atom. The molecule has 1 aliphatic heterocycles. The fourth-order valence-corrected chi connectivity index (χ4v) is 3.54. The Morgan fingerprint density at radius 2 is 1.89 bits per heavy atom. The van der Waals surface area contributed by atoms with Crippen LogP contribution in [0.5, 0.6) is 0 Å². The van der Waals surface area contributed by atoms with E-state index in [0.29, 0.717) is 19.6 Å². The van der Waals surface area contributed by atoms with Crippen LogP contribution >= 0.6 is 0 Å². The standard InChI is InChI=1S/C12H25N3O3S/c1-14(2)8-5-7-13-12(16)6-11-19(17,18)15-9-3-4-10-15/h3-11H2,1-2H3,(H,13,16). The Bertz CT molecular complexity index is 376. The third-order valence-electron chi connectivity index (χ3n) is 3.15. The lowest BCUT2D eigenvalue weighted by Gasteiger charge is -2.15. The van der Waals surface area contributed by atoms with Crippen molar-refractivity contribution >= 4 is 15.9 Å². The number of carbonyl (C=O) groups excluding carboxylic acids is 1. The zero-order chi connectivity index (χ0) is 14.3. The van der Waals surface area contributed by atoms with Crippen LogP contribution in [0.1, 0.15) is 25.7 Å². The van der Waals surface area contributed by atoms with Gasteiger partial charge in [0.15, 0.2) is 0 Å². The fourth-order valence-electron chi connectivity index (χ4n) is 2.03. The summed E-state index contributed by atoms with van der Waals surface area (Å²) >= 11 is 0. The van der Waals surface area contributed by atoms with Crippen molar-refractivity contribution in [3.8, 4) is 0 Å². The van der Waals surface area contributed by atoms with E-state index in [-0.39, 0.29) is 18.1 Å². The summed E-state index contributed by atoms with van der Waals surface area (Å²) in [6.07, 6.45) is 2.78. The molecule has 0 bridgehead atoms. The lowest BCUT2D eigenvalue weighted by molar-refractivity contribution is -0.120. The van der Waals surface area contributed by atoms with E-state index in [9.17, 15) is 13.2 Å². The molecule has 0 atom stereocenters. The summed E-state index contributed by atoms with van der Waals surface area (Å²) in [7, 11) is 0.718. The molecule has 0 aromatic carbocycles. The lowest BCUT2D eigenvalue weighted by atomic mass is 10.4. The van der Waals surface area contributed by atoms with Gasteiger partial charge < -0.3 is 10.2 Å². The van der Waals surface area contributed by atoms with Gasteiger partial charge in [0.2, 0.25) is 15.9 Å². The summed E-state index contributed by atoms with van der Waals surface area (Å²) in [4.78, 5) is 13.6. The molecule has 112 valence electrons. The Kier molecular flexibility index (Phi) is 6.74. The minimum Gasteiger partial charge on any atom is -0.356 e. The first-order chi connectivity index (χ1) is 8.92. The van der Waals surface area contributed by atoms with Crippen LogP contribution in [0.15, 0.2) is 0 Å². The molecule has 19 heavy (non-hydrogen) atoms. The molecular weight excluding hydrogens is 266 g/mol. The third kappa shape index (κ3) is 6.35. The number of hydrogen-bond donors (Lipinski definition) is 1. The van der Waals surface area contributed by atoms with Crippen molar-refractivity contribution in [1.82, 2.24) is 14.5 Å². The van der Waals surface area contributed by atoms with Gasteiger partial charge in [-0.15, -0.1) is 0 Å². The van der Waals surface area contributed by atoms with E-state index in [4.69, 9.17) is 0 Å². The summed E-state index contributed by atoms with van der Waals surface area (Å²) in [5.74, 6) is -0.256. The maximum absolute atomic E-state index is 11.9. The van der Waals surface area contributed by atoms with Crippen molar-refractivity contribution in [3.63, 3.8) is 0 Å². The molecule has 1 aliphatic rings. The lowest BCUT2D eigenvalue weighted by Crippen LogP contribution is -2.33. The summed E-state index contributed by atoms with van der Waals surface area (Å²) in [6.45, 7) is 2.71. The van der Waals surface area contributed by atoms with Crippen LogP contribution in [0.2, 0.25) is 0 Å². The Hall–Kier alpha value is -0.660. The first-order valence-electron chi connectivity index (χ1n) is 6.81. The van der Waals surface area contributed by atoms with Gasteiger partial charge in [0.1, 0.15) is 0 Å². The van der Waals surface area contributed by atoms with E-state index in [1.165, 1.54) is 4.31 Å². The van der Waals surface area contributed by atoms with Gasteiger partial charge >= 0.3 is 0 Å². The first-order valence-corrected chi connectivity index (χ1v) is 8.42. The van der Waals surface area contributed by atoms with Crippen LogP contribution in [0.4, 0.5) is 0 Å². The van der Waals surface area contributed by atoms with E-state index in [1.807, 2.05) is 19.0 Å². The SMILES string of the molecule is CN(C)CCCNC(=O)CCS(=O)(=O)N1CCCC1. The van der Waals surface area contributed by atoms with Crippen LogP contribution in [-0.2, 0) is 14.8 Å². The van der Waals surface area contributed by atoms with Crippen molar-refractivity contribution < 1.29 is 13.2 Å². The van der Waals surface area contributed by atoms with E-state index in [1.54, 1.807) is 0 Å². The molecule has 7 heteroatoms. The maximum atomic E-state index is 11.9. The summed E-state index contributed by atoms with van der Waals surface area (Å²) in [5, 5.41) is 2.75. The fraction of sp³-hybridized carbons (Fsp3) is 0.917. The van der Waals surface area contributed by atoms with E-state index >= 15 is 0 Å². The Labute approximate surface area is 116 Å². The van der Waals surface area contributed by atoms with E-state index < -0.39 is 10.0 Å². The molecule has 0 aromatic rings. The number of rotatable bonds is 8. The average molecular weight is 291 g/mol. The van der Waals surface area contributed by atoms with Crippen molar-refractivity contribution in [3.05, 3.63) is 0 Å². The molecule has 1 saturated heterocycles. The largest absolute Gasteiger partial charge is 0.356 e. The molecule has 0 spiro atoms. The van der Waals surface area contributed by atoms with Crippen LogP contribution in [0.3, 0.4) is 0 Å². The predicted octanol–water partition coefficient (Wildman–Crippen LogP) is -0.130. The molecule has 0 saturated carbocycles. The highest BCUT2D eigenvalue weighted by atomic mass is 32.2. The summed E-state index contributed by atoms with van der Waals surface area (Å²) in [6, 6.07) is 0. The van der Waals surface area contributed by atoms with E-state index in [2.05, 4.69) is 5.32 Å². The molecule has 0 aromatic heterocycles. The zero-order valence-electron chi connectivity index (χ0n) is 11.9. The minimum absolute atomic E-state index is 0.0563. The van der Waals surface area contributed by atoms with Crippen LogP contribution in [0.25, 0.3) is 0 Å². The van der Waals surface area contributed by atoms with Crippen LogP contribution in [-0.4, -0.2) is 69.6 Å². The van der Waals surface area contributed by atoms with Gasteiger partial charge in [0.25, 0.3) is 0 Å². The van der Waals surface area contributed by atoms with Gasteiger partial charge in [-0.25, -0.2) is 12.7 Å². The summed E-state index contributed by atoms with van der Waals surface area (Å²) in [5.41, 5.74) is 0. The highest BCUT2D eigenvalue weighted by Gasteiger charge is 2.25. The number of carbonyl (C=O) groups is 1. The number of amides is 1. The van der Waals surface area contributed by atoms with Crippen LogP contribution in [0, 0.1) is 0 Å². The van der Waals surface area contributed by atoms with Crippen molar-refractivity contribution in [2.45, 2.75) is 25.7 Å². The van der Waals surface area contributed by atoms with Crippen LogP contribution < -0.4 is 5.32 Å². The topological polar surface area (TPSA) is 69.7 Å². The number of nitrogens with zero attached hydrogens (tertiary/aromatic N) is 2. The van der Waals surface area contributed by atoms with Gasteiger partial charge in [-0.2, -0.15) is 0 Å². The van der Waals surface area contributed by atoms with Crippen molar-refractivity contribution in [2.24, 2.45) is 0 Å². The van der Waals surface area contributed by atoms with Gasteiger partial charge in [0.05, 0.1) is 5.75 Å². The number of nitrogens with one attached hydrogen (secondary N) is 1. The zero-order valence-corrected chi connectivity index (χ0v) is 12.7. The quantitative estimate of drug-likeness (QED) is 0.633. The molecule has 0 unspecified atom stereocenters. The van der Waals surface area contributed by atoms with Gasteiger partial charge in [-0.1, -0.05) is 0 Å². The Morgan fingerprint density at radius 1 is 1.26 bits per heavy atom. The van der Waals surface area contributed by atoms with Gasteiger partial charge in [0, 0.05) is 26.1 Å². The monoisotopic (exact) mass is 291 g/mol. The van der Waals surface area contributed by atoms with Gasteiger partial charge in [-0.05, 0) is 39.9 Å². The second kappa shape index (κ2) is 7.81. The smallest absolute Gasteiger partial charge is 0.221 e. The molecule has 0 aliphatic carbocycles. The summed E-state index contributed by atoms with van der Waals surface area (Å²) < 4.78 is 25.3.